The Kier molecular flexibility index (Phi) is 3.80. The van der Waals surface area contributed by atoms with E-state index in [-0.39, 0.29) is 17.3 Å². The fourth-order valence-corrected chi connectivity index (χ4v) is 3.31. The van der Waals surface area contributed by atoms with Gasteiger partial charge in [-0.3, -0.25) is 4.79 Å². The molecule has 0 spiro atoms. The Balaban J connectivity index is 2.27. The monoisotopic (exact) mass is 338 g/mol. The van der Waals surface area contributed by atoms with Gasteiger partial charge in [-0.15, -0.1) is 11.3 Å². The summed E-state index contributed by atoms with van der Waals surface area (Å²) in [6.45, 7) is 0.0314. The van der Waals surface area contributed by atoms with Crippen LogP contribution in [0, 0.1) is 0 Å². The van der Waals surface area contributed by atoms with Crippen molar-refractivity contribution in [2.45, 2.75) is 6.54 Å². The maximum absolute atomic E-state index is 12.5. The lowest BCUT2D eigenvalue weighted by Crippen LogP contribution is -2.19. The van der Waals surface area contributed by atoms with Crippen LogP contribution in [0.5, 0.6) is 0 Å². The van der Waals surface area contributed by atoms with E-state index in [0.717, 1.165) is 15.8 Å². The Morgan fingerprint density at radius 2 is 2.19 bits per heavy atom. The highest BCUT2D eigenvalue weighted by molar-refractivity contribution is 7.17. The van der Waals surface area contributed by atoms with E-state index in [1.807, 2.05) is 11.4 Å². The average molecular weight is 339 g/mol. The SMILES string of the molecule is O=CCn1ccc2scc(-c3cnc(Cl)c(Cl)c3)c2c1=O. The third-order valence-corrected chi connectivity index (χ3v) is 4.71. The van der Waals surface area contributed by atoms with Crippen LogP contribution in [0.3, 0.4) is 0 Å². The van der Waals surface area contributed by atoms with E-state index < -0.39 is 0 Å². The van der Waals surface area contributed by atoms with Crippen LogP contribution in [-0.2, 0) is 11.3 Å². The minimum Gasteiger partial charge on any atom is -0.308 e. The summed E-state index contributed by atoms with van der Waals surface area (Å²) in [6, 6.07) is 3.49. The van der Waals surface area contributed by atoms with E-state index >= 15 is 0 Å². The molecule has 0 saturated heterocycles. The Morgan fingerprint density at radius 3 is 2.90 bits per heavy atom. The Hall–Kier alpha value is -1.69. The number of rotatable bonds is 3. The normalized spacial score (nSPS) is 11.0. The number of carbonyl (C=O) groups is 1. The Labute approximate surface area is 133 Å². The van der Waals surface area contributed by atoms with Crippen LogP contribution in [-0.4, -0.2) is 15.8 Å². The minimum atomic E-state index is -0.207. The molecule has 3 aromatic rings. The molecule has 106 valence electrons. The molecule has 0 unspecified atom stereocenters. The topological polar surface area (TPSA) is 52.0 Å². The van der Waals surface area contributed by atoms with E-state index in [2.05, 4.69) is 4.98 Å². The Morgan fingerprint density at radius 1 is 1.38 bits per heavy atom. The van der Waals surface area contributed by atoms with Crippen molar-refractivity contribution >= 4 is 50.9 Å². The molecule has 3 heterocycles. The molecular weight excluding hydrogens is 331 g/mol. The quantitative estimate of drug-likeness (QED) is 0.541. The number of hydrogen-bond acceptors (Lipinski definition) is 4. The molecule has 0 aromatic carbocycles. The van der Waals surface area contributed by atoms with Gasteiger partial charge in [0.1, 0.15) is 11.4 Å². The second-order valence-electron chi connectivity index (χ2n) is 4.33. The number of pyridine rings is 2. The zero-order valence-corrected chi connectivity index (χ0v) is 12.9. The molecule has 0 bridgehead atoms. The maximum Gasteiger partial charge on any atom is 0.260 e. The van der Waals surface area contributed by atoms with Crippen molar-refractivity contribution in [2.24, 2.45) is 0 Å². The van der Waals surface area contributed by atoms with E-state index in [9.17, 15) is 9.59 Å². The van der Waals surface area contributed by atoms with Crippen LogP contribution in [0.25, 0.3) is 21.2 Å². The summed E-state index contributed by atoms with van der Waals surface area (Å²) in [5.41, 5.74) is 1.25. The van der Waals surface area contributed by atoms with Gasteiger partial charge in [0, 0.05) is 33.6 Å². The van der Waals surface area contributed by atoms with E-state index in [1.54, 1.807) is 18.5 Å². The van der Waals surface area contributed by atoms with Gasteiger partial charge in [0.2, 0.25) is 0 Å². The molecule has 3 aromatic heterocycles. The molecule has 0 aliphatic carbocycles. The molecule has 0 aliphatic rings. The van der Waals surface area contributed by atoms with Crippen LogP contribution >= 0.6 is 34.5 Å². The highest BCUT2D eigenvalue weighted by atomic mass is 35.5. The third-order valence-electron chi connectivity index (χ3n) is 3.08. The van der Waals surface area contributed by atoms with Crippen molar-refractivity contribution < 1.29 is 4.79 Å². The summed E-state index contributed by atoms with van der Waals surface area (Å²) < 4.78 is 2.22. The van der Waals surface area contributed by atoms with Crippen molar-refractivity contribution in [3.05, 3.63) is 50.4 Å². The van der Waals surface area contributed by atoms with Gasteiger partial charge in [0.25, 0.3) is 5.56 Å². The molecule has 21 heavy (non-hydrogen) atoms. The molecule has 0 aliphatic heterocycles. The zero-order chi connectivity index (χ0) is 15.0. The highest BCUT2D eigenvalue weighted by Gasteiger charge is 2.13. The molecule has 0 atom stereocenters. The average Bonchev–Trinajstić information content (AvgIpc) is 2.90. The van der Waals surface area contributed by atoms with Gasteiger partial charge >= 0.3 is 0 Å². The summed E-state index contributed by atoms with van der Waals surface area (Å²) in [5.74, 6) is 0. The van der Waals surface area contributed by atoms with Crippen molar-refractivity contribution in [2.75, 3.05) is 0 Å². The predicted molar refractivity (Wildman–Crippen MR) is 85.4 cm³/mol. The van der Waals surface area contributed by atoms with Gasteiger partial charge in [-0.1, -0.05) is 23.2 Å². The van der Waals surface area contributed by atoms with Crippen molar-refractivity contribution in [1.82, 2.24) is 9.55 Å². The number of carbonyl (C=O) groups excluding carboxylic acids is 1. The molecule has 0 saturated carbocycles. The highest BCUT2D eigenvalue weighted by Crippen LogP contribution is 2.33. The fourth-order valence-electron chi connectivity index (χ4n) is 2.09. The molecule has 0 N–H and O–H groups in total. The summed E-state index contributed by atoms with van der Waals surface area (Å²) in [7, 11) is 0. The Bertz CT molecular complexity index is 902. The van der Waals surface area contributed by atoms with Crippen LogP contribution in [0.4, 0.5) is 0 Å². The third kappa shape index (κ3) is 2.48. The first-order chi connectivity index (χ1) is 10.1. The van der Waals surface area contributed by atoms with Gasteiger partial charge in [-0.25, -0.2) is 4.98 Å². The van der Waals surface area contributed by atoms with E-state index in [4.69, 9.17) is 23.2 Å². The number of hydrogen-bond donors (Lipinski definition) is 0. The van der Waals surface area contributed by atoms with Gasteiger partial charge in [-0.05, 0) is 12.1 Å². The summed E-state index contributed by atoms with van der Waals surface area (Å²) in [5, 5.41) is 2.99. The number of fused-ring (bicyclic) bond motifs is 1. The number of thiophene rings is 1. The lowest BCUT2D eigenvalue weighted by atomic mass is 10.1. The molecular formula is C14H8Cl2N2O2S. The smallest absolute Gasteiger partial charge is 0.260 e. The summed E-state index contributed by atoms with van der Waals surface area (Å²) in [6.07, 6.45) is 3.89. The number of halogens is 2. The second kappa shape index (κ2) is 5.60. The van der Waals surface area contributed by atoms with E-state index in [0.29, 0.717) is 16.7 Å². The molecule has 0 amide bonds. The number of aromatic nitrogens is 2. The van der Waals surface area contributed by atoms with Crippen LogP contribution in [0.2, 0.25) is 10.2 Å². The van der Waals surface area contributed by atoms with Crippen LogP contribution in [0.1, 0.15) is 0 Å². The molecule has 4 nitrogen and oxygen atoms in total. The number of nitrogens with zero attached hydrogens (tertiary/aromatic N) is 2. The minimum absolute atomic E-state index is 0.0314. The number of aldehydes is 1. The molecule has 3 rings (SSSR count). The summed E-state index contributed by atoms with van der Waals surface area (Å²) >= 11 is 13.2. The van der Waals surface area contributed by atoms with Gasteiger partial charge < -0.3 is 9.36 Å². The first kappa shape index (κ1) is 14.3. The van der Waals surface area contributed by atoms with Gasteiger partial charge in [0.05, 0.1) is 17.0 Å². The van der Waals surface area contributed by atoms with Gasteiger partial charge in [-0.2, -0.15) is 0 Å². The largest absolute Gasteiger partial charge is 0.308 e. The lowest BCUT2D eigenvalue weighted by Gasteiger charge is -2.04. The second-order valence-corrected chi connectivity index (χ2v) is 6.00. The standard InChI is InChI=1S/C14H8Cl2N2O2S/c15-10-5-8(6-17-13(10)16)9-7-21-11-1-2-18(3-4-19)14(20)12(9)11/h1-2,4-7H,3H2. The van der Waals surface area contributed by atoms with Crippen molar-refractivity contribution in [3.63, 3.8) is 0 Å². The van der Waals surface area contributed by atoms with Gasteiger partial charge in [0.15, 0.2) is 0 Å². The lowest BCUT2D eigenvalue weighted by molar-refractivity contribution is -0.108. The first-order valence-electron chi connectivity index (χ1n) is 5.97. The molecule has 7 heteroatoms. The van der Waals surface area contributed by atoms with E-state index in [1.165, 1.54) is 15.9 Å². The first-order valence-corrected chi connectivity index (χ1v) is 7.61. The summed E-state index contributed by atoms with van der Waals surface area (Å²) in [4.78, 5) is 27.1. The molecule has 0 fully saturated rings. The fraction of sp³-hybridized carbons (Fsp3) is 0.0714. The van der Waals surface area contributed by atoms with Crippen LogP contribution < -0.4 is 5.56 Å². The molecule has 0 radical (unpaired) electrons. The van der Waals surface area contributed by atoms with Crippen molar-refractivity contribution in [1.29, 1.82) is 0 Å². The zero-order valence-electron chi connectivity index (χ0n) is 10.5. The van der Waals surface area contributed by atoms with Crippen LogP contribution in [0.15, 0.2) is 34.7 Å². The predicted octanol–water partition coefficient (Wildman–Crippen LogP) is 3.63. The maximum atomic E-state index is 12.5. The van der Waals surface area contributed by atoms with Crippen molar-refractivity contribution in [3.8, 4) is 11.1 Å².